The molecule has 11 heteroatoms. The normalized spacial score (nSPS) is 14.1. The smallest absolute Gasteiger partial charge is 0.295 e. The number of nitrogens with one attached hydrogen (secondary N) is 1. The van der Waals surface area contributed by atoms with E-state index < -0.39 is 0 Å². The molecular formula is C27H32N8O2S. The predicted molar refractivity (Wildman–Crippen MR) is 149 cm³/mol. The van der Waals surface area contributed by atoms with E-state index in [1.807, 2.05) is 25.3 Å². The number of methoxy groups -OCH3 is 1. The van der Waals surface area contributed by atoms with Crippen LogP contribution in [0.1, 0.15) is 62.7 Å². The van der Waals surface area contributed by atoms with Crippen molar-refractivity contribution in [2.45, 2.75) is 63.4 Å². The summed E-state index contributed by atoms with van der Waals surface area (Å²) < 4.78 is 7.04. The van der Waals surface area contributed by atoms with Crippen molar-refractivity contribution >= 4 is 28.7 Å². The molecule has 1 fully saturated rings. The van der Waals surface area contributed by atoms with Gasteiger partial charge in [0.1, 0.15) is 11.8 Å². The third-order valence-electron chi connectivity index (χ3n) is 6.50. The number of ether oxygens (including phenoxy) is 1. The highest BCUT2D eigenvalue weighted by molar-refractivity contribution is 7.99. The molecule has 0 bridgehead atoms. The Labute approximate surface area is 225 Å². The van der Waals surface area contributed by atoms with Crippen molar-refractivity contribution in [3.05, 3.63) is 58.3 Å². The van der Waals surface area contributed by atoms with E-state index in [9.17, 15) is 4.79 Å². The molecule has 0 aliphatic heterocycles. The van der Waals surface area contributed by atoms with E-state index in [-0.39, 0.29) is 17.4 Å². The summed E-state index contributed by atoms with van der Waals surface area (Å²) in [5.74, 6) is 2.13. The monoisotopic (exact) mass is 532 g/mol. The van der Waals surface area contributed by atoms with Crippen LogP contribution in [0.4, 0.5) is 5.82 Å². The van der Waals surface area contributed by atoms with Crippen LogP contribution in [0.5, 0.6) is 0 Å². The molecule has 4 aromatic rings. The number of aryl methyl sites for hydroxylation is 1. The second-order valence-corrected chi connectivity index (χ2v) is 10.7. The second-order valence-electron chi connectivity index (χ2n) is 9.32. The Morgan fingerprint density at radius 2 is 1.97 bits per heavy atom. The zero-order valence-electron chi connectivity index (χ0n) is 22.1. The van der Waals surface area contributed by atoms with Crippen molar-refractivity contribution in [1.29, 1.82) is 0 Å². The quantitative estimate of drug-likeness (QED) is 0.278. The van der Waals surface area contributed by atoms with Crippen molar-refractivity contribution in [3.8, 4) is 11.4 Å². The molecule has 10 nitrogen and oxygen atoms in total. The van der Waals surface area contributed by atoms with Crippen molar-refractivity contribution in [2.24, 2.45) is 0 Å². The third-order valence-corrected chi connectivity index (χ3v) is 7.37. The van der Waals surface area contributed by atoms with Crippen molar-refractivity contribution in [1.82, 2.24) is 34.5 Å². The lowest BCUT2D eigenvalue weighted by Gasteiger charge is -2.19. The van der Waals surface area contributed by atoms with Crippen LogP contribution in [0.3, 0.4) is 0 Å². The zero-order valence-corrected chi connectivity index (χ0v) is 23.0. The summed E-state index contributed by atoms with van der Waals surface area (Å²) in [5, 5.41) is 3.18. The second kappa shape index (κ2) is 11.5. The van der Waals surface area contributed by atoms with Gasteiger partial charge in [-0.2, -0.15) is 0 Å². The van der Waals surface area contributed by atoms with E-state index >= 15 is 0 Å². The Kier molecular flexibility index (Phi) is 7.94. The van der Waals surface area contributed by atoms with E-state index in [4.69, 9.17) is 9.72 Å². The summed E-state index contributed by atoms with van der Waals surface area (Å²) in [7, 11) is 1.62. The average Bonchev–Trinajstić information content (AvgIpc) is 3.78. The van der Waals surface area contributed by atoms with Crippen LogP contribution >= 0.6 is 11.8 Å². The van der Waals surface area contributed by atoms with Gasteiger partial charge < -0.3 is 10.1 Å². The summed E-state index contributed by atoms with van der Waals surface area (Å²) in [6.45, 7) is 6.81. The molecule has 1 atom stereocenters. The molecule has 1 N–H and O–H groups in total. The molecule has 1 saturated carbocycles. The minimum Gasteiger partial charge on any atom is -0.383 e. The minimum absolute atomic E-state index is 0.224. The SMILES string of the molecule is CCSc1ccc(CNc2nc3cnc(-c4c(CC)ncnc4C4CC4)nc3n([C@H](C)COC)c2=O)nc1. The summed E-state index contributed by atoms with van der Waals surface area (Å²) in [6.07, 6.45) is 8.08. The maximum Gasteiger partial charge on any atom is 0.295 e. The minimum atomic E-state index is -0.273. The number of thioether (sulfide) groups is 1. The molecule has 4 aromatic heterocycles. The molecule has 1 aliphatic rings. The van der Waals surface area contributed by atoms with Crippen molar-refractivity contribution in [3.63, 3.8) is 0 Å². The number of hydrogen-bond acceptors (Lipinski definition) is 10. The molecule has 5 rings (SSSR count). The fraction of sp³-hybridized carbons (Fsp3) is 0.444. The lowest BCUT2D eigenvalue weighted by atomic mass is 10.1. The Morgan fingerprint density at radius 3 is 2.66 bits per heavy atom. The van der Waals surface area contributed by atoms with Gasteiger partial charge in [-0.1, -0.05) is 13.8 Å². The molecule has 0 spiro atoms. The first-order valence-corrected chi connectivity index (χ1v) is 14.0. The first-order valence-electron chi connectivity index (χ1n) is 13.0. The van der Waals surface area contributed by atoms with Gasteiger partial charge in [-0.3, -0.25) is 14.3 Å². The molecule has 0 amide bonds. The number of rotatable bonds is 11. The molecule has 1 aliphatic carbocycles. The number of nitrogens with zero attached hydrogens (tertiary/aromatic N) is 7. The molecule has 0 radical (unpaired) electrons. The van der Waals surface area contributed by atoms with Crippen LogP contribution < -0.4 is 10.9 Å². The van der Waals surface area contributed by atoms with Crippen LogP contribution in [-0.4, -0.2) is 53.9 Å². The maximum atomic E-state index is 13.7. The third kappa shape index (κ3) is 5.39. The highest BCUT2D eigenvalue weighted by Gasteiger charge is 2.31. The Hall–Kier alpha value is -3.44. The van der Waals surface area contributed by atoms with Crippen molar-refractivity contribution in [2.75, 3.05) is 24.8 Å². The topological polar surface area (TPSA) is 121 Å². The highest BCUT2D eigenvalue weighted by atomic mass is 32.2. The number of anilines is 1. The van der Waals surface area contributed by atoms with E-state index in [2.05, 4.69) is 44.1 Å². The summed E-state index contributed by atoms with van der Waals surface area (Å²) in [5.41, 5.74) is 4.28. The predicted octanol–water partition coefficient (Wildman–Crippen LogP) is 4.41. The Bertz CT molecular complexity index is 1490. The summed E-state index contributed by atoms with van der Waals surface area (Å²) in [4.78, 5) is 42.6. The molecular weight excluding hydrogens is 500 g/mol. The Balaban J connectivity index is 1.56. The first kappa shape index (κ1) is 26.2. The lowest BCUT2D eigenvalue weighted by molar-refractivity contribution is 0.162. The van der Waals surface area contributed by atoms with Gasteiger partial charge in [0.15, 0.2) is 17.3 Å². The first-order chi connectivity index (χ1) is 18.5. The van der Waals surface area contributed by atoms with Crippen LogP contribution in [0.2, 0.25) is 0 Å². The highest BCUT2D eigenvalue weighted by Crippen LogP contribution is 2.43. The van der Waals surface area contributed by atoms with Crippen LogP contribution in [0.15, 0.2) is 40.5 Å². The van der Waals surface area contributed by atoms with Gasteiger partial charge in [-0.25, -0.2) is 24.9 Å². The number of hydrogen-bond donors (Lipinski definition) is 1. The molecule has 0 aromatic carbocycles. The molecule has 198 valence electrons. The zero-order chi connectivity index (χ0) is 26.6. The Morgan fingerprint density at radius 1 is 1.13 bits per heavy atom. The average molecular weight is 533 g/mol. The summed E-state index contributed by atoms with van der Waals surface area (Å²) in [6, 6.07) is 3.72. The van der Waals surface area contributed by atoms with Crippen molar-refractivity contribution < 1.29 is 4.74 Å². The van der Waals surface area contributed by atoms with Crippen LogP contribution in [-0.2, 0) is 17.7 Å². The van der Waals surface area contributed by atoms with Gasteiger partial charge in [0.2, 0.25) is 0 Å². The number of aromatic nitrogens is 7. The largest absolute Gasteiger partial charge is 0.383 e. The van der Waals surface area contributed by atoms with Gasteiger partial charge in [0.25, 0.3) is 5.56 Å². The van der Waals surface area contributed by atoms with Gasteiger partial charge in [-0.15, -0.1) is 11.8 Å². The lowest BCUT2D eigenvalue weighted by Crippen LogP contribution is -2.30. The van der Waals surface area contributed by atoms with Crippen LogP contribution in [0.25, 0.3) is 22.6 Å². The standard InChI is InChI=1S/C27H32N8O2S/c1-5-20-22(23(17-7-8-17)32-15-31-20)24-30-13-21-26(34-24)35(16(3)14-37-4)27(36)25(33-21)29-11-18-9-10-19(12-28-18)38-6-2/h9-10,12-13,15-17H,5-8,11,14H2,1-4H3,(H,29,33)/t16-/m1/s1. The fourth-order valence-corrected chi connectivity index (χ4v) is 5.14. The summed E-state index contributed by atoms with van der Waals surface area (Å²) >= 11 is 1.74. The molecule has 0 unspecified atom stereocenters. The van der Waals surface area contributed by atoms with Gasteiger partial charge in [0.05, 0.1) is 48.0 Å². The van der Waals surface area contributed by atoms with Gasteiger partial charge in [0, 0.05) is 24.1 Å². The molecule has 38 heavy (non-hydrogen) atoms. The van der Waals surface area contributed by atoms with Crippen LogP contribution in [0, 0.1) is 0 Å². The van der Waals surface area contributed by atoms with E-state index in [1.165, 1.54) is 0 Å². The fourth-order valence-electron chi connectivity index (χ4n) is 4.52. The van der Waals surface area contributed by atoms with Gasteiger partial charge in [-0.05, 0) is 44.1 Å². The maximum absolute atomic E-state index is 13.7. The van der Waals surface area contributed by atoms with E-state index in [1.54, 1.807) is 36.0 Å². The molecule has 0 saturated heterocycles. The van der Waals surface area contributed by atoms with E-state index in [0.29, 0.717) is 36.1 Å². The van der Waals surface area contributed by atoms with E-state index in [0.717, 1.165) is 52.6 Å². The molecule has 4 heterocycles. The number of fused-ring (bicyclic) bond motifs is 1. The van der Waals surface area contributed by atoms with Gasteiger partial charge >= 0.3 is 0 Å². The number of pyridine rings is 1.